The normalized spacial score (nSPS) is 11.7. The first kappa shape index (κ1) is 16.8. The van der Waals surface area contributed by atoms with Gasteiger partial charge in [0.2, 0.25) is 0 Å². The van der Waals surface area contributed by atoms with Crippen LogP contribution in [0.2, 0.25) is 0 Å². The van der Waals surface area contributed by atoms with Crippen molar-refractivity contribution in [3.05, 3.63) is 107 Å². The number of halogens is 1. The molecule has 1 unspecified atom stereocenters. The molecule has 0 amide bonds. The maximum absolute atomic E-state index is 13.7. The minimum absolute atomic E-state index is 0.00118. The lowest BCUT2D eigenvalue weighted by Gasteiger charge is -2.16. The van der Waals surface area contributed by atoms with Crippen LogP contribution in [0, 0.1) is 5.82 Å². The van der Waals surface area contributed by atoms with E-state index >= 15 is 0 Å². The second kappa shape index (κ2) is 7.67. The van der Waals surface area contributed by atoms with E-state index in [9.17, 15) is 14.0 Å². The smallest absolute Gasteiger partial charge is 0.170 e. The molecule has 1 atom stereocenters. The van der Waals surface area contributed by atoms with Crippen molar-refractivity contribution in [1.82, 2.24) is 0 Å². The predicted octanol–water partition coefficient (Wildman–Crippen LogP) is 5.07. The van der Waals surface area contributed by atoms with Crippen LogP contribution in [-0.4, -0.2) is 11.6 Å². The van der Waals surface area contributed by atoms with Crippen molar-refractivity contribution in [2.75, 3.05) is 0 Å². The molecule has 0 saturated carbocycles. The van der Waals surface area contributed by atoms with Gasteiger partial charge in [-0.2, -0.15) is 0 Å². The molecular weight excluding hydrogens is 315 g/mol. The molecule has 0 bridgehead atoms. The standard InChI is InChI=1S/C22H17FO2/c23-19-13-7-12-18(14-19)20(22(25)17-10-5-2-6-11-17)15-21(24)16-8-3-1-4-9-16/h1-14,20H,15H2. The van der Waals surface area contributed by atoms with E-state index in [0.29, 0.717) is 16.7 Å². The van der Waals surface area contributed by atoms with E-state index in [1.807, 2.05) is 12.1 Å². The van der Waals surface area contributed by atoms with Gasteiger partial charge in [-0.05, 0) is 17.7 Å². The highest BCUT2D eigenvalue weighted by molar-refractivity contribution is 6.06. The fraction of sp³-hybridized carbons (Fsp3) is 0.0909. The summed E-state index contributed by atoms with van der Waals surface area (Å²) >= 11 is 0. The number of rotatable bonds is 6. The molecule has 0 aliphatic rings. The summed E-state index contributed by atoms with van der Waals surface area (Å²) in [6.07, 6.45) is 0.00118. The van der Waals surface area contributed by atoms with E-state index in [0.717, 1.165) is 0 Å². The Balaban J connectivity index is 1.95. The third kappa shape index (κ3) is 4.07. The van der Waals surface area contributed by atoms with Crippen LogP contribution in [0.15, 0.2) is 84.9 Å². The van der Waals surface area contributed by atoms with Crippen molar-refractivity contribution in [1.29, 1.82) is 0 Å². The molecule has 0 saturated heterocycles. The van der Waals surface area contributed by atoms with E-state index in [4.69, 9.17) is 0 Å². The molecule has 0 aliphatic heterocycles. The van der Waals surface area contributed by atoms with Gasteiger partial charge in [-0.3, -0.25) is 9.59 Å². The number of ketones is 2. The van der Waals surface area contributed by atoms with E-state index in [1.165, 1.54) is 12.1 Å². The Bertz CT molecular complexity index is 873. The van der Waals surface area contributed by atoms with Gasteiger partial charge in [-0.15, -0.1) is 0 Å². The zero-order chi connectivity index (χ0) is 17.6. The minimum atomic E-state index is -0.717. The summed E-state index contributed by atoms with van der Waals surface area (Å²) in [4.78, 5) is 25.6. The second-order valence-corrected chi connectivity index (χ2v) is 5.83. The van der Waals surface area contributed by atoms with Crippen LogP contribution in [0.4, 0.5) is 4.39 Å². The largest absolute Gasteiger partial charge is 0.294 e. The summed E-state index contributed by atoms with van der Waals surface area (Å²) in [5.74, 6) is -1.46. The van der Waals surface area contributed by atoms with Gasteiger partial charge in [-0.1, -0.05) is 72.8 Å². The molecule has 25 heavy (non-hydrogen) atoms. The van der Waals surface area contributed by atoms with Gasteiger partial charge in [-0.25, -0.2) is 4.39 Å². The van der Waals surface area contributed by atoms with Crippen molar-refractivity contribution in [3.63, 3.8) is 0 Å². The number of hydrogen-bond acceptors (Lipinski definition) is 2. The van der Waals surface area contributed by atoms with Crippen LogP contribution in [0.25, 0.3) is 0 Å². The summed E-state index contributed by atoms with van der Waals surface area (Å²) in [7, 11) is 0. The third-order valence-electron chi connectivity index (χ3n) is 4.11. The fourth-order valence-electron chi connectivity index (χ4n) is 2.82. The van der Waals surface area contributed by atoms with E-state index in [2.05, 4.69) is 0 Å². The topological polar surface area (TPSA) is 34.1 Å². The van der Waals surface area contributed by atoms with Gasteiger partial charge < -0.3 is 0 Å². The van der Waals surface area contributed by atoms with Crippen molar-refractivity contribution in [3.8, 4) is 0 Å². The van der Waals surface area contributed by atoms with Crippen molar-refractivity contribution < 1.29 is 14.0 Å². The lowest BCUT2D eigenvalue weighted by molar-refractivity contribution is 0.0893. The van der Waals surface area contributed by atoms with Crippen molar-refractivity contribution in [2.24, 2.45) is 0 Å². The number of Topliss-reactive ketones (excluding diaryl/α,β-unsaturated/α-hetero) is 2. The molecule has 0 spiro atoms. The summed E-state index contributed by atoms with van der Waals surface area (Å²) in [6, 6.07) is 23.5. The van der Waals surface area contributed by atoms with Crippen LogP contribution in [0.3, 0.4) is 0 Å². The Morgan fingerprint density at radius 1 is 0.760 bits per heavy atom. The molecule has 124 valence electrons. The molecule has 0 heterocycles. The zero-order valence-corrected chi connectivity index (χ0v) is 13.6. The van der Waals surface area contributed by atoms with Gasteiger partial charge in [0.15, 0.2) is 11.6 Å². The minimum Gasteiger partial charge on any atom is -0.294 e. The molecule has 3 heteroatoms. The van der Waals surface area contributed by atoms with Crippen molar-refractivity contribution in [2.45, 2.75) is 12.3 Å². The average molecular weight is 332 g/mol. The molecule has 0 N–H and O–H groups in total. The van der Waals surface area contributed by atoms with E-state index < -0.39 is 11.7 Å². The molecular formula is C22H17FO2. The van der Waals surface area contributed by atoms with Gasteiger partial charge in [0.05, 0.1) is 5.92 Å². The first-order valence-electron chi connectivity index (χ1n) is 8.08. The third-order valence-corrected chi connectivity index (χ3v) is 4.11. The van der Waals surface area contributed by atoms with Crippen LogP contribution < -0.4 is 0 Å². The molecule has 0 fully saturated rings. The fourth-order valence-corrected chi connectivity index (χ4v) is 2.82. The summed E-state index contributed by atoms with van der Waals surface area (Å²) in [5, 5.41) is 0. The van der Waals surface area contributed by atoms with Gasteiger partial charge >= 0.3 is 0 Å². The summed E-state index contributed by atoms with van der Waals surface area (Å²) < 4.78 is 13.7. The number of carbonyl (C=O) groups excluding carboxylic acids is 2. The Morgan fingerprint density at radius 2 is 1.36 bits per heavy atom. The summed E-state index contributed by atoms with van der Waals surface area (Å²) in [5.41, 5.74) is 1.57. The lowest BCUT2D eigenvalue weighted by Crippen LogP contribution is -2.17. The van der Waals surface area contributed by atoms with Crippen LogP contribution in [0.1, 0.15) is 38.6 Å². The highest BCUT2D eigenvalue weighted by Crippen LogP contribution is 2.27. The maximum atomic E-state index is 13.7. The molecule has 3 aromatic rings. The van der Waals surface area contributed by atoms with Crippen LogP contribution in [-0.2, 0) is 0 Å². The van der Waals surface area contributed by atoms with Gasteiger partial charge in [0, 0.05) is 17.5 Å². The molecule has 2 nitrogen and oxygen atoms in total. The highest BCUT2D eigenvalue weighted by Gasteiger charge is 2.25. The average Bonchev–Trinajstić information content (AvgIpc) is 2.67. The second-order valence-electron chi connectivity index (χ2n) is 5.83. The van der Waals surface area contributed by atoms with Gasteiger partial charge in [0.1, 0.15) is 5.82 Å². The predicted molar refractivity (Wildman–Crippen MR) is 95.3 cm³/mol. The lowest BCUT2D eigenvalue weighted by atomic mass is 9.85. The number of benzene rings is 3. The quantitative estimate of drug-likeness (QED) is 0.591. The van der Waals surface area contributed by atoms with E-state index in [1.54, 1.807) is 60.7 Å². The Kier molecular flexibility index (Phi) is 5.14. The first-order valence-corrected chi connectivity index (χ1v) is 8.08. The molecule has 3 rings (SSSR count). The number of carbonyl (C=O) groups is 2. The SMILES string of the molecule is O=C(CC(C(=O)c1ccccc1)c1cccc(F)c1)c1ccccc1. The maximum Gasteiger partial charge on any atom is 0.170 e. The Morgan fingerprint density at radius 3 is 1.96 bits per heavy atom. The number of hydrogen-bond donors (Lipinski definition) is 0. The monoisotopic (exact) mass is 332 g/mol. The highest BCUT2D eigenvalue weighted by atomic mass is 19.1. The molecule has 0 radical (unpaired) electrons. The van der Waals surface area contributed by atoms with Crippen LogP contribution >= 0.6 is 0 Å². The van der Waals surface area contributed by atoms with E-state index in [-0.39, 0.29) is 18.0 Å². The molecule has 3 aromatic carbocycles. The van der Waals surface area contributed by atoms with Crippen molar-refractivity contribution >= 4 is 11.6 Å². The van der Waals surface area contributed by atoms with Crippen LogP contribution in [0.5, 0.6) is 0 Å². The first-order chi connectivity index (χ1) is 12.1. The molecule has 0 aromatic heterocycles. The molecule has 0 aliphatic carbocycles. The zero-order valence-electron chi connectivity index (χ0n) is 13.6. The Labute approximate surface area is 145 Å². The Hall–Kier alpha value is -3.07. The van der Waals surface area contributed by atoms with Gasteiger partial charge in [0.25, 0.3) is 0 Å². The summed E-state index contributed by atoms with van der Waals surface area (Å²) in [6.45, 7) is 0.